The fraction of sp³-hybridized carbons (Fsp3) is 0.250. The van der Waals surface area contributed by atoms with Gasteiger partial charge in [0.2, 0.25) is 0 Å². The lowest BCUT2D eigenvalue weighted by Crippen LogP contribution is -2.25. The van der Waals surface area contributed by atoms with E-state index >= 15 is 0 Å². The van der Waals surface area contributed by atoms with Crippen molar-refractivity contribution in [3.63, 3.8) is 0 Å². The Morgan fingerprint density at radius 3 is 2.82 bits per heavy atom. The van der Waals surface area contributed by atoms with E-state index in [4.69, 9.17) is 0 Å². The Balaban J connectivity index is 2.07. The summed E-state index contributed by atoms with van der Waals surface area (Å²) in [5, 5.41) is 7.07. The summed E-state index contributed by atoms with van der Waals surface area (Å²) in [6, 6.07) is 3.99. The molecule has 0 saturated carbocycles. The topological polar surface area (TPSA) is 29.1 Å². The first-order chi connectivity index (χ1) is 8.08. The van der Waals surface area contributed by atoms with Gasteiger partial charge in [-0.25, -0.2) is 0 Å². The number of carbonyl (C=O) groups excluding carboxylic acids is 1. The van der Waals surface area contributed by atoms with Gasteiger partial charge < -0.3 is 5.32 Å². The molecule has 2 rings (SSSR count). The Kier molecular flexibility index (Phi) is 4.01. The maximum atomic E-state index is 12.0. The number of hydrogen-bond acceptors (Lipinski definition) is 3. The Hall–Kier alpha value is -0.650. The number of rotatable bonds is 3. The number of halogens is 1. The second-order valence-electron chi connectivity index (χ2n) is 3.82. The highest BCUT2D eigenvalue weighted by atomic mass is 79.9. The van der Waals surface area contributed by atoms with Crippen molar-refractivity contribution < 1.29 is 4.79 Å². The number of hydrogen-bond donors (Lipinski definition) is 1. The molecular weight excluding hydrogens is 318 g/mol. The minimum absolute atomic E-state index is 0.0116. The summed E-state index contributed by atoms with van der Waals surface area (Å²) in [6.45, 7) is 3.98. The van der Waals surface area contributed by atoms with E-state index in [2.05, 4.69) is 26.6 Å². The largest absolute Gasteiger partial charge is 0.345 e. The van der Waals surface area contributed by atoms with Crippen LogP contribution in [0.5, 0.6) is 0 Å². The molecule has 2 aromatic heterocycles. The van der Waals surface area contributed by atoms with E-state index in [1.807, 2.05) is 31.4 Å². The molecule has 0 aliphatic heterocycles. The summed E-state index contributed by atoms with van der Waals surface area (Å²) in [7, 11) is 0. The van der Waals surface area contributed by atoms with Gasteiger partial charge in [-0.3, -0.25) is 4.79 Å². The van der Waals surface area contributed by atoms with Crippen molar-refractivity contribution in [2.24, 2.45) is 0 Å². The molecule has 90 valence electrons. The van der Waals surface area contributed by atoms with Crippen LogP contribution in [0, 0.1) is 6.92 Å². The molecule has 1 atom stereocenters. The number of amides is 1. The van der Waals surface area contributed by atoms with Crippen LogP contribution in [0.15, 0.2) is 26.7 Å². The molecule has 0 saturated heterocycles. The van der Waals surface area contributed by atoms with Crippen molar-refractivity contribution in [3.8, 4) is 0 Å². The molecular formula is C12H12BrNOS2. The third-order valence-corrected chi connectivity index (χ3v) is 5.31. The maximum absolute atomic E-state index is 12.0. The summed E-state index contributed by atoms with van der Waals surface area (Å²) < 4.78 is 1.02. The van der Waals surface area contributed by atoms with Gasteiger partial charge in [0.15, 0.2) is 0 Å². The third kappa shape index (κ3) is 2.97. The molecule has 0 radical (unpaired) electrons. The van der Waals surface area contributed by atoms with Gasteiger partial charge in [0, 0.05) is 0 Å². The Morgan fingerprint density at radius 2 is 2.29 bits per heavy atom. The average Bonchev–Trinajstić information content (AvgIpc) is 2.89. The normalized spacial score (nSPS) is 12.4. The van der Waals surface area contributed by atoms with E-state index in [0.717, 1.165) is 19.8 Å². The van der Waals surface area contributed by atoms with Gasteiger partial charge in [0.25, 0.3) is 5.91 Å². The quantitative estimate of drug-likeness (QED) is 0.889. The zero-order valence-electron chi connectivity index (χ0n) is 9.49. The molecule has 0 spiro atoms. The van der Waals surface area contributed by atoms with Crippen LogP contribution in [-0.2, 0) is 0 Å². The lowest BCUT2D eigenvalue weighted by molar-refractivity contribution is 0.0944. The minimum Gasteiger partial charge on any atom is -0.345 e. The SMILES string of the molecule is Cc1cc(C(=O)NC(C)c2ccsc2)sc1Br. The van der Waals surface area contributed by atoms with Gasteiger partial charge >= 0.3 is 0 Å². The first-order valence-electron chi connectivity index (χ1n) is 5.17. The lowest BCUT2D eigenvalue weighted by Gasteiger charge is -2.11. The van der Waals surface area contributed by atoms with Crippen molar-refractivity contribution in [1.29, 1.82) is 0 Å². The molecule has 0 aliphatic rings. The number of carbonyl (C=O) groups is 1. The molecule has 0 aliphatic carbocycles. The van der Waals surface area contributed by atoms with Gasteiger partial charge in [-0.05, 0) is 63.8 Å². The second kappa shape index (κ2) is 5.33. The summed E-state index contributed by atoms with van der Waals surface area (Å²) in [6.07, 6.45) is 0. The highest BCUT2D eigenvalue weighted by molar-refractivity contribution is 9.11. The fourth-order valence-electron chi connectivity index (χ4n) is 1.44. The van der Waals surface area contributed by atoms with Crippen molar-refractivity contribution in [2.45, 2.75) is 19.9 Å². The fourth-order valence-corrected chi connectivity index (χ4v) is 3.64. The first-order valence-corrected chi connectivity index (χ1v) is 7.72. The van der Waals surface area contributed by atoms with Gasteiger partial charge in [0.1, 0.15) is 0 Å². The molecule has 17 heavy (non-hydrogen) atoms. The van der Waals surface area contributed by atoms with Crippen LogP contribution in [0.2, 0.25) is 0 Å². The zero-order chi connectivity index (χ0) is 12.4. The predicted octanol–water partition coefficient (Wildman–Crippen LogP) is 4.37. The van der Waals surface area contributed by atoms with Crippen LogP contribution in [0.3, 0.4) is 0 Å². The number of thiophene rings is 2. The molecule has 1 N–H and O–H groups in total. The molecule has 2 nitrogen and oxygen atoms in total. The van der Waals surface area contributed by atoms with Gasteiger partial charge in [-0.15, -0.1) is 11.3 Å². The lowest BCUT2D eigenvalue weighted by atomic mass is 10.2. The van der Waals surface area contributed by atoms with E-state index in [-0.39, 0.29) is 11.9 Å². The zero-order valence-corrected chi connectivity index (χ0v) is 12.7. The van der Waals surface area contributed by atoms with E-state index in [1.165, 1.54) is 11.3 Å². The summed E-state index contributed by atoms with van der Waals surface area (Å²) in [5.74, 6) is -0.0116. The standard InChI is InChI=1S/C12H12BrNOS2/c1-7-5-10(17-11(7)13)12(15)14-8(2)9-3-4-16-6-9/h3-6,8H,1-2H3,(H,14,15). The van der Waals surface area contributed by atoms with Crippen LogP contribution >= 0.6 is 38.6 Å². The smallest absolute Gasteiger partial charge is 0.261 e. The highest BCUT2D eigenvalue weighted by Gasteiger charge is 2.14. The van der Waals surface area contributed by atoms with Crippen molar-refractivity contribution in [1.82, 2.24) is 5.32 Å². The molecule has 2 heterocycles. The monoisotopic (exact) mass is 329 g/mol. The minimum atomic E-state index is -0.0116. The van der Waals surface area contributed by atoms with E-state index < -0.39 is 0 Å². The van der Waals surface area contributed by atoms with Crippen molar-refractivity contribution >= 4 is 44.5 Å². The summed E-state index contributed by atoms with van der Waals surface area (Å²) >= 11 is 6.54. The first kappa shape index (κ1) is 12.8. The third-order valence-electron chi connectivity index (χ3n) is 2.47. The Bertz CT molecular complexity index is 499. The van der Waals surface area contributed by atoms with Crippen LogP contribution < -0.4 is 5.32 Å². The Morgan fingerprint density at radius 1 is 1.53 bits per heavy atom. The summed E-state index contributed by atoms with van der Waals surface area (Å²) in [4.78, 5) is 12.7. The van der Waals surface area contributed by atoms with Crippen LogP contribution in [0.25, 0.3) is 0 Å². The van der Waals surface area contributed by atoms with Gasteiger partial charge in [-0.2, -0.15) is 11.3 Å². The molecule has 1 amide bonds. The van der Waals surface area contributed by atoms with Crippen LogP contribution in [-0.4, -0.2) is 5.91 Å². The predicted molar refractivity (Wildman–Crippen MR) is 77.0 cm³/mol. The Labute approximate surface area is 117 Å². The van der Waals surface area contributed by atoms with E-state index in [1.54, 1.807) is 11.3 Å². The molecule has 0 fully saturated rings. The highest BCUT2D eigenvalue weighted by Crippen LogP contribution is 2.27. The number of aryl methyl sites for hydroxylation is 1. The molecule has 5 heteroatoms. The van der Waals surface area contributed by atoms with Crippen molar-refractivity contribution in [3.05, 3.63) is 42.7 Å². The molecule has 0 aromatic carbocycles. The van der Waals surface area contributed by atoms with Gasteiger partial charge in [-0.1, -0.05) is 0 Å². The summed E-state index contributed by atoms with van der Waals surface area (Å²) in [5.41, 5.74) is 2.25. The maximum Gasteiger partial charge on any atom is 0.261 e. The second-order valence-corrected chi connectivity index (χ2v) is 6.97. The van der Waals surface area contributed by atoms with Crippen LogP contribution in [0.1, 0.15) is 33.8 Å². The average molecular weight is 330 g/mol. The van der Waals surface area contributed by atoms with Crippen LogP contribution in [0.4, 0.5) is 0 Å². The molecule has 1 unspecified atom stereocenters. The van der Waals surface area contributed by atoms with Gasteiger partial charge in [0.05, 0.1) is 14.7 Å². The van der Waals surface area contributed by atoms with E-state index in [9.17, 15) is 4.79 Å². The van der Waals surface area contributed by atoms with Crippen molar-refractivity contribution in [2.75, 3.05) is 0 Å². The molecule has 0 bridgehead atoms. The molecule has 2 aromatic rings. The van der Waals surface area contributed by atoms with E-state index in [0.29, 0.717) is 0 Å². The number of nitrogens with one attached hydrogen (secondary N) is 1.